The number of carboxylic acids is 1. The number of benzene rings is 1. The monoisotopic (exact) mass is 314 g/mol. The van der Waals surface area contributed by atoms with Crippen LogP contribution in [0, 0.1) is 3.57 Å². The predicted molar refractivity (Wildman–Crippen MR) is 63.2 cm³/mol. The first kappa shape index (κ1) is 10.2. The van der Waals surface area contributed by atoms with Crippen LogP contribution in [0.1, 0.15) is 10.4 Å². The van der Waals surface area contributed by atoms with Crippen LogP contribution in [-0.2, 0) is 0 Å². The molecule has 0 aliphatic rings. The van der Waals surface area contributed by atoms with Gasteiger partial charge in [0.1, 0.15) is 0 Å². The van der Waals surface area contributed by atoms with E-state index in [0.29, 0.717) is 0 Å². The number of rotatable bonds is 2. The molecule has 1 aromatic carbocycles. The minimum absolute atomic E-state index is 0.189. The van der Waals surface area contributed by atoms with Gasteiger partial charge in [0.25, 0.3) is 0 Å². The lowest BCUT2D eigenvalue weighted by Gasteiger charge is -2.00. The van der Waals surface area contributed by atoms with E-state index < -0.39 is 5.97 Å². The minimum Gasteiger partial charge on any atom is -0.478 e. The van der Waals surface area contributed by atoms with Gasteiger partial charge in [0.2, 0.25) is 0 Å². The molecule has 2 aromatic rings. The number of hydrogen-bond donors (Lipinski definition) is 1. The zero-order chi connectivity index (χ0) is 10.8. The zero-order valence-corrected chi connectivity index (χ0v) is 9.75. The van der Waals surface area contributed by atoms with Gasteiger partial charge in [0.05, 0.1) is 17.4 Å². The number of carbonyl (C=O) groups is 1. The molecule has 0 spiro atoms. The second kappa shape index (κ2) is 4.01. The molecule has 15 heavy (non-hydrogen) atoms. The first-order valence-corrected chi connectivity index (χ1v) is 5.28. The van der Waals surface area contributed by atoms with Crippen LogP contribution < -0.4 is 0 Å². The van der Waals surface area contributed by atoms with E-state index in [0.717, 1.165) is 9.26 Å². The number of aromatic nitrogens is 2. The molecule has 0 bridgehead atoms. The Morgan fingerprint density at radius 3 is 2.87 bits per heavy atom. The normalized spacial score (nSPS) is 10.2. The van der Waals surface area contributed by atoms with Gasteiger partial charge < -0.3 is 5.11 Å². The molecule has 0 unspecified atom stereocenters. The van der Waals surface area contributed by atoms with E-state index in [1.807, 2.05) is 24.3 Å². The largest absolute Gasteiger partial charge is 0.478 e. The van der Waals surface area contributed by atoms with Crippen molar-refractivity contribution in [2.75, 3.05) is 0 Å². The smallest absolute Gasteiger partial charge is 0.338 e. The van der Waals surface area contributed by atoms with Crippen molar-refractivity contribution in [3.05, 3.63) is 45.8 Å². The summed E-state index contributed by atoms with van der Waals surface area (Å²) in [5, 5.41) is 12.7. The van der Waals surface area contributed by atoms with Crippen LogP contribution in [-0.4, -0.2) is 20.9 Å². The van der Waals surface area contributed by atoms with E-state index in [-0.39, 0.29) is 5.56 Å². The summed E-state index contributed by atoms with van der Waals surface area (Å²) in [6.45, 7) is 0. The molecule has 4 nitrogen and oxygen atoms in total. The maximum atomic E-state index is 10.7. The highest BCUT2D eigenvalue weighted by molar-refractivity contribution is 14.1. The topological polar surface area (TPSA) is 55.1 Å². The SMILES string of the molecule is O=C(O)c1cnn(-c2cccc(I)c2)c1. The van der Waals surface area contributed by atoms with Crippen molar-refractivity contribution in [1.82, 2.24) is 9.78 Å². The Hall–Kier alpha value is -1.37. The van der Waals surface area contributed by atoms with Crippen LogP contribution >= 0.6 is 22.6 Å². The van der Waals surface area contributed by atoms with E-state index in [4.69, 9.17) is 5.11 Å². The Balaban J connectivity index is 2.41. The lowest BCUT2D eigenvalue weighted by atomic mass is 10.3. The molecular formula is C10H7IN2O2. The Labute approximate surface area is 99.7 Å². The third kappa shape index (κ3) is 2.17. The van der Waals surface area contributed by atoms with Crippen molar-refractivity contribution in [2.24, 2.45) is 0 Å². The minimum atomic E-state index is -0.966. The maximum Gasteiger partial charge on any atom is 0.338 e. The second-order valence-electron chi connectivity index (χ2n) is 2.96. The average molecular weight is 314 g/mol. The van der Waals surface area contributed by atoms with Crippen molar-refractivity contribution in [2.45, 2.75) is 0 Å². The third-order valence-electron chi connectivity index (χ3n) is 1.90. The van der Waals surface area contributed by atoms with Gasteiger partial charge in [-0.2, -0.15) is 5.10 Å². The summed E-state index contributed by atoms with van der Waals surface area (Å²) in [5.74, 6) is -0.966. The molecule has 2 rings (SSSR count). The summed E-state index contributed by atoms with van der Waals surface area (Å²) in [6.07, 6.45) is 2.83. The zero-order valence-electron chi connectivity index (χ0n) is 7.59. The summed E-state index contributed by atoms with van der Waals surface area (Å²) in [4.78, 5) is 10.7. The number of aromatic carboxylic acids is 1. The Morgan fingerprint density at radius 1 is 1.47 bits per heavy atom. The molecule has 0 aliphatic carbocycles. The van der Waals surface area contributed by atoms with E-state index in [2.05, 4.69) is 27.7 Å². The Kier molecular flexibility index (Phi) is 2.72. The first-order chi connectivity index (χ1) is 7.16. The van der Waals surface area contributed by atoms with Gasteiger partial charge in [-0.1, -0.05) is 6.07 Å². The van der Waals surface area contributed by atoms with Gasteiger partial charge >= 0.3 is 5.97 Å². The van der Waals surface area contributed by atoms with Gasteiger partial charge in [0.15, 0.2) is 0 Å². The van der Waals surface area contributed by atoms with Gasteiger partial charge in [-0.25, -0.2) is 9.48 Å². The summed E-state index contributed by atoms with van der Waals surface area (Å²) in [5.41, 5.74) is 1.04. The van der Waals surface area contributed by atoms with E-state index in [1.165, 1.54) is 12.4 Å². The summed E-state index contributed by atoms with van der Waals surface area (Å²) >= 11 is 2.19. The summed E-state index contributed by atoms with van der Waals surface area (Å²) in [6, 6.07) is 7.67. The van der Waals surface area contributed by atoms with Crippen molar-refractivity contribution in [3.63, 3.8) is 0 Å². The molecule has 76 valence electrons. The number of carboxylic acid groups (broad SMARTS) is 1. The molecule has 0 radical (unpaired) electrons. The van der Waals surface area contributed by atoms with Crippen molar-refractivity contribution in [1.29, 1.82) is 0 Å². The molecule has 0 atom stereocenters. The van der Waals surface area contributed by atoms with Gasteiger partial charge in [0, 0.05) is 9.77 Å². The summed E-state index contributed by atoms with van der Waals surface area (Å²) < 4.78 is 2.63. The molecule has 0 saturated carbocycles. The van der Waals surface area contributed by atoms with Crippen LogP contribution in [0.5, 0.6) is 0 Å². The van der Waals surface area contributed by atoms with Gasteiger partial charge in [-0.15, -0.1) is 0 Å². The van der Waals surface area contributed by atoms with Crippen LogP contribution in [0.25, 0.3) is 5.69 Å². The van der Waals surface area contributed by atoms with Crippen LogP contribution in [0.4, 0.5) is 0 Å². The molecule has 1 aromatic heterocycles. The molecular weight excluding hydrogens is 307 g/mol. The molecule has 1 N–H and O–H groups in total. The summed E-state index contributed by atoms with van der Waals surface area (Å²) in [7, 11) is 0. The first-order valence-electron chi connectivity index (χ1n) is 4.21. The lowest BCUT2D eigenvalue weighted by Crippen LogP contribution is -1.95. The highest BCUT2D eigenvalue weighted by Gasteiger charge is 2.06. The van der Waals surface area contributed by atoms with Crippen LogP contribution in [0.2, 0.25) is 0 Å². The number of halogens is 1. The molecule has 0 amide bonds. The van der Waals surface area contributed by atoms with E-state index in [1.54, 1.807) is 4.68 Å². The predicted octanol–water partition coefficient (Wildman–Crippen LogP) is 2.18. The fourth-order valence-corrected chi connectivity index (χ4v) is 1.72. The highest BCUT2D eigenvalue weighted by atomic mass is 127. The molecule has 1 heterocycles. The fraction of sp³-hybridized carbons (Fsp3) is 0. The Morgan fingerprint density at radius 2 is 2.27 bits per heavy atom. The fourth-order valence-electron chi connectivity index (χ4n) is 1.19. The molecule has 0 saturated heterocycles. The number of hydrogen-bond acceptors (Lipinski definition) is 2. The van der Waals surface area contributed by atoms with E-state index >= 15 is 0 Å². The second-order valence-corrected chi connectivity index (χ2v) is 4.20. The molecule has 5 heteroatoms. The highest BCUT2D eigenvalue weighted by Crippen LogP contribution is 2.12. The molecule has 0 fully saturated rings. The van der Waals surface area contributed by atoms with Crippen molar-refractivity contribution >= 4 is 28.6 Å². The average Bonchev–Trinajstić information content (AvgIpc) is 2.66. The quantitative estimate of drug-likeness (QED) is 0.865. The van der Waals surface area contributed by atoms with Crippen molar-refractivity contribution < 1.29 is 9.90 Å². The van der Waals surface area contributed by atoms with Gasteiger partial charge in [-0.05, 0) is 40.8 Å². The maximum absolute atomic E-state index is 10.7. The van der Waals surface area contributed by atoms with Crippen molar-refractivity contribution in [3.8, 4) is 5.69 Å². The van der Waals surface area contributed by atoms with Crippen LogP contribution in [0.3, 0.4) is 0 Å². The standard InChI is InChI=1S/C10H7IN2O2/c11-8-2-1-3-9(4-8)13-6-7(5-12-13)10(14)15/h1-6H,(H,14,15). The lowest BCUT2D eigenvalue weighted by molar-refractivity contribution is 0.0697. The van der Waals surface area contributed by atoms with Gasteiger partial charge in [-0.3, -0.25) is 0 Å². The number of nitrogens with zero attached hydrogens (tertiary/aromatic N) is 2. The third-order valence-corrected chi connectivity index (χ3v) is 2.57. The van der Waals surface area contributed by atoms with Crippen LogP contribution in [0.15, 0.2) is 36.7 Å². The van der Waals surface area contributed by atoms with E-state index in [9.17, 15) is 4.79 Å². The molecule has 0 aliphatic heterocycles. The Bertz CT molecular complexity index is 508.